The lowest BCUT2D eigenvalue weighted by Crippen LogP contribution is -2.49. The summed E-state index contributed by atoms with van der Waals surface area (Å²) < 4.78 is 20.8. The third-order valence-electron chi connectivity index (χ3n) is 5.62. The van der Waals surface area contributed by atoms with Crippen LogP contribution in [0.1, 0.15) is 16.1 Å². The number of fused-ring (bicyclic) bond motifs is 3. The highest BCUT2D eigenvalue weighted by molar-refractivity contribution is 5.96. The van der Waals surface area contributed by atoms with Gasteiger partial charge in [0, 0.05) is 50.0 Å². The summed E-state index contributed by atoms with van der Waals surface area (Å²) >= 11 is 0. The topological polar surface area (TPSA) is 50.6 Å². The normalized spacial score (nSPS) is 15.5. The van der Waals surface area contributed by atoms with Gasteiger partial charge in [-0.2, -0.15) is 5.10 Å². The van der Waals surface area contributed by atoms with Gasteiger partial charge in [0.1, 0.15) is 18.2 Å². The van der Waals surface area contributed by atoms with Crippen LogP contribution in [0.5, 0.6) is 5.75 Å². The number of halogens is 1. The molecule has 3 aromatic rings. The monoisotopic (exact) mass is 392 g/mol. The Hall–Kier alpha value is -3.35. The number of carbonyl (C=O) groups excluding carboxylic acids is 1. The van der Waals surface area contributed by atoms with Gasteiger partial charge in [0.25, 0.3) is 5.91 Å². The van der Waals surface area contributed by atoms with Crippen molar-refractivity contribution in [1.29, 1.82) is 0 Å². The van der Waals surface area contributed by atoms with E-state index in [2.05, 4.69) is 10.00 Å². The van der Waals surface area contributed by atoms with Gasteiger partial charge in [-0.1, -0.05) is 12.1 Å². The maximum atomic E-state index is 13.2. The first-order chi connectivity index (χ1) is 14.1. The van der Waals surface area contributed by atoms with Crippen LogP contribution in [0.15, 0.2) is 48.5 Å². The molecular formula is C22H21FN4O2. The lowest BCUT2D eigenvalue weighted by atomic mass is 10.0. The highest BCUT2D eigenvalue weighted by atomic mass is 19.1. The van der Waals surface area contributed by atoms with E-state index < -0.39 is 0 Å². The largest absolute Gasteiger partial charge is 0.488 e. The molecule has 0 saturated carbocycles. The van der Waals surface area contributed by atoms with E-state index in [1.807, 2.05) is 36.2 Å². The van der Waals surface area contributed by atoms with Crippen molar-refractivity contribution in [3.8, 4) is 17.0 Å². The highest BCUT2D eigenvalue weighted by Gasteiger charge is 2.31. The van der Waals surface area contributed by atoms with Crippen LogP contribution in [0.4, 0.5) is 10.1 Å². The van der Waals surface area contributed by atoms with E-state index in [1.54, 1.807) is 16.8 Å². The molecule has 5 rings (SSSR count). The van der Waals surface area contributed by atoms with Gasteiger partial charge in [-0.3, -0.25) is 9.48 Å². The summed E-state index contributed by atoms with van der Waals surface area (Å²) in [4.78, 5) is 17.2. The number of amides is 1. The molecule has 1 fully saturated rings. The van der Waals surface area contributed by atoms with Crippen molar-refractivity contribution in [1.82, 2.24) is 14.7 Å². The molecule has 0 spiro atoms. The van der Waals surface area contributed by atoms with Crippen molar-refractivity contribution in [2.45, 2.75) is 6.61 Å². The van der Waals surface area contributed by atoms with E-state index in [-0.39, 0.29) is 11.7 Å². The average Bonchev–Trinajstić information content (AvgIpc) is 3.11. The molecule has 1 aromatic heterocycles. The van der Waals surface area contributed by atoms with E-state index in [0.29, 0.717) is 38.5 Å². The van der Waals surface area contributed by atoms with Crippen molar-refractivity contribution >= 4 is 11.6 Å². The molecule has 0 bridgehead atoms. The maximum absolute atomic E-state index is 13.2. The van der Waals surface area contributed by atoms with E-state index in [9.17, 15) is 9.18 Å². The number of aryl methyl sites for hydroxylation is 1. The van der Waals surface area contributed by atoms with Gasteiger partial charge in [-0.25, -0.2) is 4.39 Å². The standard InChI is InChI=1S/C22H21FN4O2/c1-25-21-17-4-2-3-5-19(17)29-14-18(21)20(24-25)22(28)27-12-10-26(11-13-27)16-8-6-15(23)7-9-16/h2-9H,10-14H2,1H3. The second-order valence-electron chi connectivity index (χ2n) is 7.34. The summed E-state index contributed by atoms with van der Waals surface area (Å²) in [6, 6.07) is 14.3. The third kappa shape index (κ3) is 3.03. The number of anilines is 1. The molecule has 0 unspecified atom stereocenters. The first kappa shape index (κ1) is 17.7. The highest BCUT2D eigenvalue weighted by Crippen LogP contribution is 2.38. The Morgan fingerprint density at radius 3 is 2.52 bits per heavy atom. The van der Waals surface area contributed by atoms with Crippen LogP contribution in [-0.4, -0.2) is 46.8 Å². The van der Waals surface area contributed by atoms with E-state index in [1.165, 1.54) is 12.1 Å². The molecule has 0 atom stereocenters. The molecule has 6 nitrogen and oxygen atoms in total. The van der Waals surface area contributed by atoms with Gasteiger partial charge >= 0.3 is 0 Å². The number of rotatable bonds is 2. The number of piperazine rings is 1. The summed E-state index contributed by atoms with van der Waals surface area (Å²) in [6.07, 6.45) is 0. The van der Waals surface area contributed by atoms with Gasteiger partial charge in [0.05, 0.1) is 5.69 Å². The number of para-hydroxylation sites is 1. The molecule has 1 amide bonds. The van der Waals surface area contributed by atoms with Crippen molar-refractivity contribution in [3.05, 3.63) is 65.6 Å². The summed E-state index contributed by atoms with van der Waals surface area (Å²) in [7, 11) is 1.87. The predicted molar refractivity (Wildman–Crippen MR) is 107 cm³/mol. The predicted octanol–water partition coefficient (Wildman–Crippen LogP) is 3.08. The summed E-state index contributed by atoms with van der Waals surface area (Å²) in [5.74, 6) is 0.504. The number of benzene rings is 2. The van der Waals surface area contributed by atoms with Crippen LogP contribution < -0.4 is 9.64 Å². The Bertz CT molecular complexity index is 1070. The fourth-order valence-corrected chi connectivity index (χ4v) is 4.12. The zero-order chi connectivity index (χ0) is 20.0. The first-order valence-corrected chi connectivity index (χ1v) is 9.69. The zero-order valence-corrected chi connectivity index (χ0v) is 16.1. The lowest BCUT2D eigenvalue weighted by molar-refractivity contribution is 0.0737. The Morgan fingerprint density at radius 1 is 1.03 bits per heavy atom. The Kier molecular flexibility index (Phi) is 4.23. The molecule has 148 valence electrons. The maximum Gasteiger partial charge on any atom is 0.274 e. The second-order valence-corrected chi connectivity index (χ2v) is 7.34. The minimum Gasteiger partial charge on any atom is -0.488 e. The van der Waals surface area contributed by atoms with Crippen molar-refractivity contribution in [2.24, 2.45) is 7.05 Å². The molecule has 1 saturated heterocycles. The minimum atomic E-state index is -0.244. The van der Waals surface area contributed by atoms with Gasteiger partial charge in [0.15, 0.2) is 5.69 Å². The Labute approximate surface area is 168 Å². The smallest absolute Gasteiger partial charge is 0.274 e. The fraction of sp³-hybridized carbons (Fsp3) is 0.273. The quantitative estimate of drug-likeness (QED) is 0.673. The van der Waals surface area contributed by atoms with Crippen LogP contribution >= 0.6 is 0 Å². The number of nitrogens with zero attached hydrogens (tertiary/aromatic N) is 4. The SMILES string of the molecule is Cn1nc(C(=O)N2CCN(c3ccc(F)cc3)CC2)c2c1-c1ccccc1OC2. The zero-order valence-electron chi connectivity index (χ0n) is 16.1. The molecule has 29 heavy (non-hydrogen) atoms. The van der Waals surface area contributed by atoms with E-state index in [0.717, 1.165) is 28.3 Å². The van der Waals surface area contributed by atoms with Gasteiger partial charge in [0.2, 0.25) is 0 Å². The number of ether oxygens (including phenoxy) is 1. The van der Waals surface area contributed by atoms with Gasteiger partial charge in [-0.15, -0.1) is 0 Å². The van der Waals surface area contributed by atoms with Crippen LogP contribution in [-0.2, 0) is 13.7 Å². The van der Waals surface area contributed by atoms with Crippen molar-refractivity contribution in [2.75, 3.05) is 31.1 Å². The third-order valence-corrected chi connectivity index (χ3v) is 5.62. The van der Waals surface area contributed by atoms with Crippen LogP contribution in [0.2, 0.25) is 0 Å². The Morgan fingerprint density at radius 2 is 1.76 bits per heavy atom. The lowest BCUT2D eigenvalue weighted by Gasteiger charge is -2.36. The molecule has 7 heteroatoms. The van der Waals surface area contributed by atoms with Gasteiger partial charge < -0.3 is 14.5 Å². The van der Waals surface area contributed by atoms with Crippen molar-refractivity contribution in [3.63, 3.8) is 0 Å². The molecule has 0 N–H and O–H groups in total. The summed E-state index contributed by atoms with van der Waals surface area (Å²) in [5, 5.41) is 4.54. The molecule has 2 aliphatic rings. The van der Waals surface area contributed by atoms with E-state index in [4.69, 9.17) is 4.74 Å². The first-order valence-electron chi connectivity index (χ1n) is 9.69. The Balaban J connectivity index is 1.36. The molecule has 3 heterocycles. The summed E-state index contributed by atoms with van der Waals surface area (Å²) in [5.41, 5.74) is 4.19. The second kappa shape index (κ2) is 6.92. The molecule has 2 aromatic carbocycles. The number of hydrogen-bond acceptors (Lipinski definition) is 4. The minimum absolute atomic E-state index is 0.0661. The van der Waals surface area contributed by atoms with Crippen LogP contribution in [0.25, 0.3) is 11.3 Å². The van der Waals surface area contributed by atoms with Crippen LogP contribution in [0.3, 0.4) is 0 Å². The average molecular weight is 392 g/mol. The fourth-order valence-electron chi connectivity index (χ4n) is 4.12. The van der Waals surface area contributed by atoms with E-state index >= 15 is 0 Å². The molecule has 0 aliphatic carbocycles. The molecule has 0 radical (unpaired) electrons. The number of carbonyl (C=O) groups is 1. The van der Waals surface area contributed by atoms with Crippen LogP contribution in [0, 0.1) is 5.82 Å². The number of aromatic nitrogens is 2. The molecular weight excluding hydrogens is 371 g/mol. The van der Waals surface area contributed by atoms with Gasteiger partial charge in [-0.05, 0) is 36.4 Å². The number of hydrogen-bond donors (Lipinski definition) is 0. The molecule has 2 aliphatic heterocycles. The van der Waals surface area contributed by atoms with Crippen molar-refractivity contribution < 1.29 is 13.9 Å². The summed E-state index contributed by atoms with van der Waals surface area (Å²) in [6.45, 7) is 2.94.